The Balaban J connectivity index is 1.41. The fourth-order valence-electron chi connectivity index (χ4n) is 3.96. The Morgan fingerprint density at radius 3 is 2.69 bits per heavy atom. The van der Waals surface area contributed by atoms with Crippen LogP contribution in [0.2, 0.25) is 0 Å². The number of hydrogen-bond donors (Lipinski definition) is 0. The summed E-state index contributed by atoms with van der Waals surface area (Å²) >= 11 is 0. The number of para-hydroxylation sites is 1. The van der Waals surface area contributed by atoms with Crippen LogP contribution in [-0.4, -0.2) is 60.5 Å². The van der Waals surface area contributed by atoms with Gasteiger partial charge in [0.2, 0.25) is 11.8 Å². The first-order valence-corrected chi connectivity index (χ1v) is 10.0. The Bertz CT molecular complexity index is 870. The highest BCUT2D eigenvalue weighted by Gasteiger charge is 2.41. The summed E-state index contributed by atoms with van der Waals surface area (Å²) in [6.07, 6.45) is 0.561. The topological polar surface area (TPSA) is 59.1 Å². The van der Waals surface area contributed by atoms with E-state index in [-0.39, 0.29) is 30.4 Å². The van der Waals surface area contributed by atoms with E-state index in [1.165, 1.54) is 0 Å². The lowest BCUT2D eigenvalue weighted by Gasteiger charge is -2.25. The largest absolute Gasteiger partial charge is 0.489 e. The monoisotopic (exact) mass is 394 g/mol. The molecule has 0 bridgehead atoms. The zero-order valence-corrected chi connectivity index (χ0v) is 16.6. The Morgan fingerprint density at radius 1 is 1.10 bits per heavy atom. The van der Waals surface area contributed by atoms with Gasteiger partial charge < -0.3 is 19.3 Å². The van der Waals surface area contributed by atoms with E-state index in [2.05, 4.69) is 0 Å². The van der Waals surface area contributed by atoms with E-state index in [1.54, 1.807) is 16.8 Å². The maximum absolute atomic E-state index is 13.0. The Labute approximate surface area is 171 Å². The smallest absolute Gasteiger partial charge is 0.227 e. The highest BCUT2D eigenvalue weighted by Crippen LogP contribution is 2.25. The van der Waals surface area contributed by atoms with Crippen LogP contribution in [0, 0.1) is 0 Å². The number of ether oxygens (including phenoxy) is 2. The van der Waals surface area contributed by atoms with E-state index in [0.29, 0.717) is 32.7 Å². The molecular formula is C23H26N2O4. The van der Waals surface area contributed by atoms with Gasteiger partial charge in [-0.2, -0.15) is 0 Å². The Hall–Kier alpha value is -2.86. The van der Waals surface area contributed by atoms with E-state index in [1.807, 2.05) is 54.6 Å². The predicted octanol–water partition coefficient (Wildman–Crippen LogP) is 2.27. The van der Waals surface area contributed by atoms with Crippen molar-refractivity contribution in [1.82, 2.24) is 9.80 Å². The van der Waals surface area contributed by atoms with E-state index < -0.39 is 0 Å². The van der Waals surface area contributed by atoms with Crippen molar-refractivity contribution in [3.05, 3.63) is 65.7 Å². The van der Waals surface area contributed by atoms with E-state index in [4.69, 9.17) is 9.47 Å². The molecule has 152 valence electrons. The third-order valence-corrected chi connectivity index (χ3v) is 5.68. The molecule has 0 radical (unpaired) electrons. The Morgan fingerprint density at radius 2 is 1.86 bits per heavy atom. The molecule has 4 rings (SSSR count). The number of carbonyl (C=O) groups excluding carboxylic acids is 2. The van der Waals surface area contributed by atoms with Crippen LogP contribution in [0.3, 0.4) is 0 Å². The van der Waals surface area contributed by atoms with Crippen LogP contribution in [0.1, 0.15) is 17.5 Å². The van der Waals surface area contributed by atoms with Crippen molar-refractivity contribution >= 4 is 11.8 Å². The van der Waals surface area contributed by atoms with Crippen LogP contribution in [0.25, 0.3) is 0 Å². The molecule has 2 heterocycles. The molecule has 6 nitrogen and oxygen atoms in total. The van der Waals surface area contributed by atoms with Crippen LogP contribution in [0.5, 0.6) is 5.75 Å². The molecule has 2 aromatic carbocycles. The maximum atomic E-state index is 13.0. The van der Waals surface area contributed by atoms with Gasteiger partial charge >= 0.3 is 0 Å². The summed E-state index contributed by atoms with van der Waals surface area (Å²) in [6, 6.07) is 17.5. The van der Waals surface area contributed by atoms with Crippen molar-refractivity contribution in [2.45, 2.75) is 31.6 Å². The number of nitrogens with zero attached hydrogens (tertiary/aromatic N) is 2. The molecule has 0 aliphatic carbocycles. The van der Waals surface area contributed by atoms with Crippen LogP contribution in [-0.2, 0) is 27.4 Å². The minimum atomic E-state index is -0.111. The van der Waals surface area contributed by atoms with Gasteiger partial charge in [-0.05, 0) is 11.6 Å². The highest BCUT2D eigenvalue weighted by molar-refractivity contribution is 5.81. The van der Waals surface area contributed by atoms with Crippen molar-refractivity contribution in [3.8, 4) is 5.75 Å². The molecule has 2 amide bonds. The van der Waals surface area contributed by atoms with Crippen LogP contribution < -0.4 is 4.74 Å². The van der Waals surface area contributed by atoms with Crippen molar-refractivity contribution in [2.24, 2.45) is 0 Å². The minimum Gasteiger partial charge on any atom is -0.489 e. The normalized spacial score (nSPS) is 21.6. The second-order valence-electron chi connectivity index (χ2n) is 7.59. The molecule has 2 aliphatic rings. The number of amides is 2. The van der Waals surface area contributed by atoms with E-state index in [9.17, 15) is 9.59 Å². The minimum absolute atomic E-state index is 0.0262. The van der Waals surface area contributed by atoms with Gasteiger partial charge in [-0.1, -0.05) is 48.5 Å². The molecular weight excluding hydrogens is 368 g/mol. The first kappa shape index (κ1) is 19.5. The standard InChI is InChI=1S/C23H26N2O4/c1-24-19-14-25(15-21(19)28-12-11-22(24)26)23(27)13-18-9-5-6-10-20(18)29-16-17-7-3-2-4-8-17/h2-10,19,21H,11-16H2,1H3/t19-,21-/m0/s1. The van der Waals surface area contributed by atoms with Gasteiger partial charge in [-0.15, -0.1) is 0 Å². The van der Waals surface area contributed by atoms with Gasteiger partial charge in [-0.3, -0.25) is 9.59 Å². The number of benzene rings is 2. The summed E-state index contributed by atoms with van der Waals surface area (Å²) in [5.74, 6) is 0.825. The number of hydrogen-bond acceptors (Lipinski definition) is 4. The van der Waals surface area contributed by atoms with Gasteiger partial charge in [0.1, 0.15) is 12.4 Å². The number of likely N-dealkylation sites (tertiary alicyclic amines) is 1. The second-order valence-corrected chi connectivity index (χ2v) is 7.59. The highest BCUT2D eigenvalue weighted by atomic mass is 16.5. The fourth-order valence-corrected chi connectivity index (χ4v) is 3.96. The summed E-state index contributed by atoms with van der Waals surface area (Å²) in [7, 11) is 1.80. The van der Waals surface area contributed by atoms with Crippen LogP contribution in [0.15, 0.2) is 54.6 Å². The second kappa shape index (κ2) is 8.66. The van der Waals surface area contributed by atoms with Gasteiger partial charge in [0.15, 0.2) is 0 Å². The van der Waals surface area contributed by atoms with Crippen molar-refractivity contribution in [2.75, 3.05) is 26.7 Å². The van der Waals surface area contributed by atoms with E-state index >= 15 is 0 Å². The first-order valence-electron chi connectivity index (χ1n) is 10.0. The lowest BCUT2D eigenvalue weighted by molar-refractivity contribution is -0.133. The van der Waals surface area contributed by atoms with Gasteiger partial charge in [0.05, 0.1) is 31.6 Å². The average molecular weight is 394 g/mol. The molecule has 0 unspecified atom stereocenters. The molecule has 6 heteroatoms. The molecule has 29 heavy (non-hydrogen) atoms. The van der Waals surface area contributed by atoms with Gasteiger partial charge in [-0.25, -0.2) is 0 Å². The Kier molecular flexibility index (Phi) is 5.81. The summed E-state index contributed by atoms with van der Waals surface area (Å²) < 4.78 is 11.8. The van der Waals surface area contributed by atoms with Gasteiger partial charge in [0, 0.05) is 25.7 Å². The molecule has 2 aliphatic heterocycles. The summed E-state index contributed by atoms with van der Waals surface area (Å²) in [5, 5.41) is 0. The molecule has 0 N–H and O–H groups in total. The zero-order chi connectivity index (χ0) is 20.2. The van der Waals surface area contributed by atoms with Gasteiger partial charge in [0.25, 0.3) is 0 Å². The van der Waals surface area contributed by atoms with Crippen LogP contribution >= 0.6 is 0 Å². The molecule has 2 saturated heterocycles. The maximum Gasteiger partial charge on any atom is 0.227 e. The summed E-state index contributed by atoms with van der Waals surface area (Å²) in [4.78, 5) is 28.6. The third kappa shape index (κ3) is 4.43. The van der Waals surface area contributed by atoms with Crippen LogP contribution in [0.4, 0.5) is 0 Å². The van der Waals surface area contributed by atoms with E-state index in [0.717, 1.165) is 16.9 Å². The number of carbonyl (C=O) groups is 2. The summed E-state index contributed by atoms with van der Waals surface area (Å²) in [5.41, 5.74) is 1.95. The molecule has 2 aromatic rings. The molecule has 2 fully saturated rings. The lowest BCUT2D eigenvalue weighted by Crippen LogP contribution is -2.43. The number of fused-ring (bicyclic) bond motifs is 1. The van der Waals surface area contributed by atoms with Crippen molar-refractivity contribution in [3.63, 3.8) is 0 Å². The SMILES string of the molecule is CN1C(=O)CCO[C@H]2CN(C(=O)Cc3ccccc3OCc3ccccc3)C[C@@H]21. The quantitative estimate of drug-likeness (QED) is 0.781. The first-order chi connectivity index (χ1) is 14.1. The lowest BCUT2D eigenvalue weighted by atomic mass is 10.1. The van der Waals surface area contributed by atoms with Crippen molar-refractivity contribution < 1.29 is 19.1 Å². The number of rotatable bonds is 5. The predicted molar refractivity (Wildman–Crippen MR) is 108 cm³/mol. The summed E-state index contributed by atoms with van der Waals surface area (Å²) in [6.45, 7) is 1.91. The third-order valence-electron chi connectivity index (χ3n) is 5.68. The molecule has 2 atom stereocenters. The molecule has 0 aromatic heterocycles. The average Bonchev–Trinajstić information content (AvgIpc) is 3.12. The van der Waals surface area contributed by atoms with Crippen molar-refractivity contribution in [1.29, 1.82) is 0 Å². The molecule has 0 spiro atoms. The fraction of sp³-hybridized carbons (Fsp3) is 0.391. The zero-order valence-electron chi connectivity index (χ0n) is 16.6. The number of likely N-dealkylation sites (N-methyl/N-ethyl adjacent to an activating group) is 1. The molecule has 0 saturated carbocycles.